The number of rotatable bonds is 3. The molecule has 2 rings (SSSR count). The van der Waals surface area contributed by atoms with Crippen LogP contribution in [0.25, 0.3) is 0 Å². The molecule has 0 amide bonds. The summed E-state index contributed by atoms with van der Waals surface area (Å²) < 4.78 is 0. The Morgan fingerprint density at radius 1 is 1.24 bits per heavy atom. The third kappa shape index (κ3) is 2.46. The van der Waals surface area contributed by atoms with E-state index in [2.05, 4.69) is 50.8 Å². The summed E-state index contributed by atoms with van der Waals surface area (Å²) in [7, 11) is -1.31. The second-order valence-corrected chi connectivity index (χ2v) is 11.3. The van der Waals surface area contributed by atoms with Crippen molar-refractivity contribution >= 4 is 8.07 Å². The van der Waals surface area contributed by atoms with E-state index in [4.69, 9.17) is 9.78 Å². The first-order valence-electron chi connectivity index (χ1n) is 6.38. The van der Waals surface area contributed by atoms with Gasteiger partial charge in [0.05, 0.1) is 13.8 Å². The van der Waals surface area contributed by atoms with Crippen LogP contribution in [-0.4, -0.2) is 13.8 Å². The molecule has 1 aromatic carbocycles. The molecule has 2 unspecified atom stereocenters. The summed E-state index contributed by atoms with van der Waals surface area (Å²) in [5.41, 5.74) is 1.30. The third-order valence-corrected chi connectivity index (χ3v) is 5.91. The number of hydrogen-bond acceptors (Lipinski definition) is 2. The lowest BCUT2D eigenvalue weighted by Gasteiger charge is -2.26. The highest BCUT2D eigenvalue weighted by atomic mass is 28.3. The molecule has 0 saturated carbocycles. The van der Waals surface area contributed by atoms with Gasteiger partial charge in [0.2, 0.25) is 0 Å². The van der Waals surface area contributed by atoms with Gasteiger partial charge in [0.1, 0.15) is 5.60 Å². The van der Waals surface area contributed by atoms with Gasteiger partial charge in [-0.25, -0.2) is 9.78 Å². The minimum Gasteiger partial charge on any atom is -0.236 e. The van der Waals surface area contributed by atoms with Gasteiger partial charge in [-0.2, -0.15) is 0 Å². The molecule has 1 aliphatic rings. The lowest BCUT2D eigenvalue weighted by molar-refractivity contribution is -0.322. The van der Waals surface area contributed by atoms with Gasteiger partial charge in [-0.05, 0) is 12.0 Å². The van der Waals surface area contributed by atoms with E-state index in [9.17, 15) is 0 Å². The molecule has 0 N–H and O–H groups in total. The predicted molar refractivity (Wildman–Crippen MR) is 72.3 cm³/mol. The Bertz CT molecular complexity index is 372. The standard InChI is InChI=1S/C14H22O2Si/c1-5-14(12-9-7-6-8-10-12)11-13(15-16-14)17(2,3)4/h6-10,13H,5,11H2,1-4H3. The van der Waals surface area contributed by atoms with Gasteiger partial charge in [0, 0.05) is 6.42 Å². The second kappa shape index (κ2) is 4.56. The van der Waals surface area contributed by atoms with Crippen molar-refractivity contribution in [2.75, 3.05) is 0 Å². The average Bonchev–Trinajstić information content (AvgIpc) is 2.75. The molecule has 1 saturated heterocycles. The fourth-order valence-electron chi connectivity index (χ4n) is 2.28. The van der Waals surface area contributed by atoms with Gasteiger partial charge < -0.3 is 0 Å². The van der Waals surface area contributed by atoms with Crippen molar-refractivity contribution < 1.29 is 9.78 Å². The Balaban J connectivity index is 2.25. The van der Waals surface area contributed by atoms with E-state index in [1.165, 1.54) is 5.56 Å². The summed E-state index contributed by atoms with van der Waals surface area (Å²) in [6, 6.07) is 10.5. The van der Waals surface area contributed by atoms with Crippen LogP contribution >= 0.6 is 0 Å². The van der Waals surface area contributed by atoms with Gasteiger partial charge >= 0.3 is 0 Å². The number of benzene rings is 1. The van der Waals surface area contributed by atoms with Crippen LogP contribution in [0.15, 0.2) is 30.3 Å². The Morgan fingerprint density at radius 2 is 1.88 bits per heavy atom. The minimum atomic E-state index is -1.31. The Labute approximate surface area is 105 Å². The van der Waals surface area contributed by atoms with Crippen LogP contribution < -0.4 is 0 Å². The third-order valence-electron chi connectivity index (χ3n) is 3.68. The van der Waals surface area contributed by atoms with Crippen LogP contribution in [0.1, 0.15) is 25.3 Å². The molecule has 0 bridgehead atoms. The van der Waals surface area contributed by atoms with Crippen molar-refractivity contribution in [2.24, 2.45) is 0 Å². The first-order valence-corrected chi connectivity index (χ1v) is 9.96. The maximum Gasteiger partial charge on any atom is 0.130 e. The SMILES string of the molecule is CCC1(c2ccccc2)CC([Si](C)(C)C)OO1. The molecule has 1 aromatic rings. The van der Waals surface area contributed by atoms with Crippen molar-refractivity contribution in [1.29, 1.82) is 0 Å². The molecule has 2 nitrogen and oxygen atoms in total. The summed E-state index contributed by atoms with van der Waals surface area (Å²) in [5.74, 6) is 0. The van der Waals surface area contributed by atoms with Crippen molar-refractivity contribution in [1.82, 2.24) is 0 Å². The minimum absolute atomic E-state index is 0.230. The second-order valence-electron chi connectivity index (χ2n) is 5.95. The van der Waals surface area contributed by atoms with Crippen LogP contribution in [0.2, 0.25) is 19.6 Å². The summed E-state index contributed by atoms with van der Waals surface area (Å²) in [4.78, 5) is 11.4. The van der Waals surface area contributed by atoms with Gasteiger partial charge in [-0.1, -0.05) is 56.9 Å². The molecule has 94 valence electrons. The molecule has 17 heavy (non-hydrogen) atoms. The van der Waals surface area contributed by atoms with Crippen LogP contribution in [-0.2, 0) is 15.4 Å². The zero-order valence-electron chi connectivity index (χ0n) is 11.2. The van der Waals surface area contributed by atoms with Gasteiger partial charge in [0.15, 0.2) is 0 Å². The average molecular weight is 250 g/mol. The first-order chi connectivity index (χ1) is 7.98. The molecular formula is C14H22O2Si. The molecule has 0 aromatic heterocycles. The van der Waals surface area contributed by atoms with E-state index in [0.717, 1.165) is 12.8 Å². The molecule has 1 fully saturated rings. The Kier molecular flexibility index (Phi) is 3.43. The lowest BCUT2D eigenvalue weighted by atomic mass is 9.88. The van der Waals surface area contributed by atoms with Crippen LogP contribution in [0.4, 0.5) is 0 Å². The first kappa shape index (κ1) is 12.8. The van der Waals surface area contributed by atoms with Crippen LogP contribution in [0.3, 0.4) is 0 Å². The molecule has 0 aliphatic carbocycles. The Hall–Kier alpha value is -0.643. The molecule has 1 aliphatic heterocycles. The molecule has 1 heterocycles. The van der Waals surface area contributed by atoms with E-state index in [0.29, 0.717) is 5.73 Å². The zero-order valence-corrected chi connectivity index (χ0v) is 12.2. The fourth-order valence-corrected chi connectivity index (χ4v) is 3.56. The van der Waals surface area contributed by atoms with Gasteiger partial charge in [-0.15, -0.1) is 0 Å². The van der Waals surface area contributed by atoms with Crippen molar-refractivity contribution in [2.45, 2.75) is 50.7 Å². The highest BCUT2D eigenvalue weighted by Crippen LogP contribution is 2.42. The maximum atomic E-state index is 5.75. The molecular weight excluding hydrogens is 228 g/mol. The monoisotopic (exact) mass is 250 g/mol. The largest absolute Gasteiger partial charge is 0.236 e. The normalized spacial score (nSPS) is 29.5. The zero-order chi connectivity index (χ0) is 12.5. The topological polar surface area (TPSA) is 18.5 Å². The summed E-state index contributed by atoms with van der Waals surface area (Å²) in [5, 5.41) is 0. The van der Waals surface area contributed by atoms with Crippen LogP contribution in [0.5, 0.6) is 0 Å². The predicted octanol–water partition coefficient (Wildman–Crippen LogP) is 3.89. The molecule has 3 heteroatoms. The highest BCUT2D eigenvalue weighted by Gasteiger charge is 2.47. The quantitative estimate of drug-likeness (QED) is 0.598. The van der Waals surface area contributed by atoms with Gasteiger partial charge in [0.25, 0.3) is 0 Å². The van der Waals surface area contributed by atoms with Gasteiger partial charge in [-0.3, -0.25) is 0 Å². The van der Waals surface area contributed by atoms with E-state index in [-0.39, 0.29) is 5.60 Å². The molecule has 0 spiro atoms. The smallest absolute Gasteiger partial charge is 0.130 e. The van der Waals surface area contributed by atoms with Crippen molar-refractivity contribution in [3.8, 4) is 0 Å². The lowest BCUT2D eigenvalue weighted by Crippen LogP contribution is -2.38. The fraction of sp³-hybridized carbons (Fsp3) is 0.571. The van der Waals surface area contributed by atoms with E-state index in [1.54, 1.807) is 0 Å². The summed E-state index contributed by atoms with van der Waals surface area (Å²) in [6.07, 6.45) is 1.95. The summed E-state index contributed by atoms with van der Waals surface area (Å²) in [6.45, 7) is 9.16. The van der Waals surface area contributed by atoms with E-state index < -0.39 is 8.07 Å². The van der Waals surface area contributed by atoms with E-state index in [1.807, 2.05) is 6.07 Å². The molecule has 0 radical (unpaired) electrons. The van der Waals surface area contributed by atoms with Crippen molar-refractivity contribution in [3.63, 3.8) is 0 Å². The Morgan fingerprint density at radius 3 is 2.35 bits per heavy atom. The summed E-state index contributed by atoms with van der Waals surface area (Å²) >= 11 is 0. The number of hydrogen-bond donors (Lipinski definition) is 0. The maximum absolute atomic E-state index is 5.75. The highest BCUT2D eigenvalue weighted by molar-refractivity contribution is 6.77. The van der Waals surface area contributed by atoms with E-state index >= 15 is 0 Å². The van der Waals surface area contributed by atoms with Crippen molar-refractivity contribution in [3.05, 3.63) is 35.9 Å². The molecule has 2 atom stereocenters. The van der Waals surface area contributed by atoms with Crippen LogP contribution in [0, 0.1) is 0 Å².